The van der Waals surface area contributed by atoms with Crippen molar-refractivity contribution in [2.45, 2.75) is 32.4 Å². The monoisotopic (exact) mass is 525 g/mol. The Morgan fingerprint density at radius 1 is 1.05 bits per heavy atom. The fourth-order valence-electron chi connectivity index (χ4n) is 4.75. The largest absolute Gasteiger partial charge is 0.347 e. The first-order valence-electron chi connectivity index (χ1n) is 12.1. The van der Waals surface area contributed by atoms with Gasteiger partial charge in [-0.3, -0.25) is 14.6 Å². The van der Waals surface area contributed by atoms with Gasteiger partial charge in [0.05, 0.1) is 6.04 Å². The molecule has 0 aliphatic heterocycles. The summed E-state index contributed by atoms with van der Waals surface area (Å²) in [5, 5.41) is 13.4. The van der Waals surface area contributed by atoms with Gasteiger partial charge in [0.15, 0.2) is 5.82 Å². The van der Waals surface area contributed by atoms with Gasteiger partial charge in [-0.2, -0.15) is 5.10 Å². The van der Waals surface area contributed by atoms with Crippen molar-refractivity contribution in [2.24, 2.45) is 0 Å². The highest BCUT2D eigenvalue weighted by Crippen LogP contribution is 2.33. The number of carbonyl (C=O) groups is 2. The van der Waals surface area contributed by atoms with E-state index >= 15 is 0 Å². The van der Waals surface area contributed by atoms with Crippen LogP contribution >= 0.6 is 11.3 Å². The number of aromatic amines is 2. The second-order valence-electron chi connectivity index (χ2n) is 9.21. The lowest BCUT2D eigenvalue weighted by Gasteiger charge is -2.14. The topological polar surface area (TPSA) is 146 Å². The maximum atomic E-state index is 13.0. The van der Waals surface area contributed by atoms with Gasteiger partial charge in [-0.15, -0.1) is 11.3 Å². The molecule has 0 fully saturated rings. The summed E-state index contributed by atoms with van der Waals surface area (Å²) in [6, 6.07) is 15.2. The Hall–Kier alpha value is -4.64. The van der Waals surface area contributed by atoms with E-state index in [0.29, 0.717) is 12.4 Å². The highest BCUT2D eigenvalue weighted by Gasteiger charge is 2.26. The summed E-state index contributed by atoms with van der Waals surface area (Å²) < 4.78 is 1.18. The van der Waals surface area contributed by atoms with Gasteiger partial charge in [-0.1, -0.05) is 24.3 Å². The van der Waals surface area contributed by atoms with Crippen LogP contribution in [0.25, 0.3) is 21.5 Å². The molecule has 3 heterocycles. The van der Waals surface area contributed by atoms with Crippen molar-refractivity contribution < 1.29 is 9.59 Å². The molecule has 0 unspecified atom stereocenters. The minimum absolute atomic E-state index is 0.125. The molecule has 11 heteroatoms. The Kier molecular flexibility index (Phi) is 6.04. The van der Waals surface area contributed by atoms with Crippen molar-refractivity contribution in [3.63, 3.8) is 0 Å². The molecule has 2 aromatic carbocycles. The molecule has 1 aliphatic rings. The van der Waals surface area contributed by atoms with E-state index < -0.39 is 0 Å². The number of carbonyl (C=O) groups excluding carboxylic acids is 2. The van der Waals surface area contributed by atoms with Crippen molar-refractivity contribution >= 4 is 33.2 Å². The summed E-state index contributed by atoms with van der Waals surface area (Å²) in [5.74, 6) is -0.281. The molecule has 2 amide bonds. The summed E-state index contributed by atoms with van der Waals surface area (Å²) in [6.07, 6.45) is 2.73. The van der Waals surface area contributed by atoms with E-state index in [1.54, 1.807) is 11.3 Å². The maximum absolute atomic E-state index is 13.0. The van der Waals surface area contributed by atoms with Crippen LogP contribution in [0.4, 0.5) is 0 Å². The summed E-state index contributed by atoms with van der Waals surface area (Å²) in [5.41, 5.74) is 3.76. The molecule has 0 saturated carbocycles. The molecule has 0 radical (unpaired) electrons. The first kappa shape index (κ1) is 23.7. The van der Waals surface area contributed by atoms with Crippen molar-refractivity contribution in [3.8, 4) is 11.4 Å². The number of nitrogens with zero attached hydrogens (tertiary/aromatic N) is 3. The summed E-state index contributed by atoms with van der Waals surface area (Å²) >= 11 is 1.72. The van der Waals surface area contributed by atoms with E-state index in [0.717, 1.165) is 35.1 Å². The first-order valence-corrected chi connectivity index (χ1v) is 12.9. The van der Waals surface area contributed by atoms with Crippen LogP contribution in [0.2, 0.25) is 0 Å². The molecular weight excluding hydrogens is 502 g/mol. The quantitative estimate of drug-likeness (QED) is 0.267. The molecule has 38 heavy (non-hydrogen) atoms. The van der Waals surface area contributed by atoms with Crippen molar-refractivity contribution in [2.75, 3.05) is 0 Å². The third-order valence-corrected chi connectivity index (χ3v) is 7.61. The van der Waals surface area contributed by atoms with Gasteiger partial charge < -0.3 is 10.6 Å². The van der Waals surface area contributed by atoms with Crippen LogP contribution in [0.5, 0.6) is 0 Å². The molecule has 1 atom stereocenters. The minimum Gasteiger partial charge on any atom is -0.347 e. The number of fused-ring (bicyclic) bond motifs is 2. The first-order chi connectivity index (χ1) is 18.4. The van der Waals surface area contributed by atoms with E-state index in [9.17, 15) is 14.4 Å². The number of thiophene rings is 1. The van der Waals surface area contributed by atoms with Gasteiger partial charge in [-0.05, 0) is 60.0 Å². The maximum Gasteiger partial charge on any atom is 0.340 e. The lowest BCUT2D eigenvalue weighted by molar-refractivity contribution is 0.0931. The van der Waals surface area contributed by atoms with Gasteiger partial charge in [0.25, 0.3) is 11.8 Å². The number of aryl methyl sites for hydroxylation is 2. The van der Waals surface area contributed by atoms with E-state index in [4.69, 9.17) is 0 Å². The van der Waals surface area contributed by atoms with Crippen LogP contribution in [-0.2, 0) is 13.0 Å². The van der Waals surface area contributed by atoms with E-state index in [1.165, 1.54) is 27.4 Å². The Labute approximate surface area is 220 Å². The van der Waals surface area contributed by atoms with Crippen LogP contribution in [0.15, 0.2) is 59.7 Å². The lowest BCUT2D eigenvalue weighted by atomic mass is 10.0. The molecular formula is C27H23N7O3S. The summed E-state index contributed by atoms with van der Waals surface area (Å²) in [7, 11) is 0. The average molecular weight is 526 g/mol. The number of hydrogen-bond acceptors (Lipinski definition) is 7. The molecule has 0 spiro atoms. The number of benzene rings is 2. The molecule has 6 rings (SSSR count). The fourth-order valence-corrected chi connectivity index (χ4v) is 5.74. The highest BCUT2D eigenvalue weighted by atomic mass is 32.1. The third-order valence-electron chi connectivity index (χ3n) is 6.59. The standard InChI is InChI=1S/C27H23N7O3S/c1-14-8-17-3-2-15(9-23(17)38-14)12-28-25(35)21-11-22(30-13-29-21)26(36)31-20-7-5-16-10-18(4-6-19(16)20)24-32-27(37)34-33-24/h2-4,6,8-11,13,20H,5,7,12H2,1H3,(H,28,35)(H,31,36)(H2,32,33,34,37)/t20-/m1/s1. The minimum atomic E-state index is -0.376. The molecule has 0 bridgehead atoms. The van der Waals surface area contributed by atoms with Gasteiger partial charge >= 0.3 is 5.69 Å². The number of aromatic nitrogens is 5. The number of rotatable bonds is 6. The number of hydrogen-bond donors (Lipinski definition) is 4. The Balaban J connectivity index is 1.11. The second-order valence-corrected chi connectivity index (χ2v) is 10.5. The zero-order valence-electron chi connectivity index (χ0n) is 20.4. The Morgan fingerprint density at radius 2 is 1.89 bits per heavy atom. The van der Waals surface area contributed by atoms with Crippen molar-refractivity contribution in [3.05, 3.63) is 98.3 Å². The molecule has 5 aromatic rings. The van der Waals surface area contributed by atoms with Gasteiger partial charge in [0.2, 0.25) is 0 Å². The van der Waals surface area contributed by atoms with E-state index in [-0.39, 0.29) is 34.9 Å². The smallest absolute Gasteiger partial charge is 0.340 e. The third kappa shape index (κ3) is 4.71. The molecule has 1 aliphatic carbocycles. The molecule has 10 nitrogen and oxygen atoms in total. The average Bonchev–Trinajstić information content (AvgIpc) is 3.64. The molecule has 0 saturated heterocycles. The normalized spacial score (nSPS) is 14.4. The van der Waals surface area contributed by atoms with Crippen LogP contribution in [0.1, 0.15) is 55.0 Å². The van der Waals surface area contributed by atoms with Gasteiger partial charge in [0.1, 0.15) is 17.7 Å². The summed E-state index contributed by atoms with van der Waals surface area (Å²) in [4.78, 5) is 49.2. The Bertz CT molecular complexity index is 1750. The van der Waals surface area contributed by atoms with Crippen LogP contribution < -0.4 is 16.3 Å². The van der Waals surface area contributed by atoms with Gasteiger partial charge in [-0.25, -0.2) is 19.9 Å². The molecule has 4 N–H and O–H groups in total. The number of nitrogens with one attached hydrogen (secondary N) is 4. The highest BCUT2D eigenvalue weighted by molar-refractivity contribution is 7.19. The predicted molar refractivity (Wildman–Crippen MR) is 143 cm³/mol. The Morgan fingerprint density at radius 3 is 2.71 bits per heavy atom. The van der Waals surface area contributed by atoms with Crippen LogP contribution in [0, 0.1) is 6.92 Å². The van der Waals surface area contributed by atoms with E-state index in [2.05, 4.69) is 54.8 Å². The number of H-pyrrole nitrogens is 2. The zero-order valence-corrected chi connectivity index (χ0v) is 21.2. The molecule has 190 valence electrons. The zero-order chi connectivity index (χ0) is 26.2. The second kappa shape index (κ2) is 9.67. The van der Waals surface area contributed by atoms with Crippen LogP contribution in [0.3, 0.4) is 0 Å². The lowest BCUT2D eigenvalue weighted by Crippen LogP contribution is -2.29. The van der Waals surface area contributed by atoms with Crippen LogP contribution in [-0.4, -0.2) is 37.0 Å². The van der Waals surface area contributed by atoms with Gasteiger partial charge in [0, 0.05) is 27.8 Å². The predicted octanol–water partition coefficient (Wildman–Crippen LogP) is 3.43. The SMILES string of the molecule is Cc1cc2ccc(CNC(=O)c3cc(C(=O)N[C@@H]4CCc5cc(-c6n[nH]c(=O)[nH]6)ccc54)ncn3)cc2s1. The van der Waals surface area contributed by atoms with Crippen molar-refractivity contribution in [1.82, 2.24) is 35.8 Å². The number of amides is 2. The van der Waals surface area contributed by atoms with E-state index in [1.807, 2.05) is 30.3 Å². The molecule has 3 aromatic heterocycles. The fraction of sp³-hybridized carbons (Fsp3) is 0.185. The van der Waals surface area contributed by atoms with Crippen molar-refractivity contribution in [1.29, 1.82) is 0 Å². The summed E-state index contributed by atoms with van der Waals surface area (Å²) in [6.45, 7) is 2.42.